The monoisotopic (exact) mass is 260 g/mol. The van der Waals surface area contributed by atoms with E-state index in [1.54, 1.807) is 0 Å². The molecular formula is C16H24N2O. The van der Waals surface area contributed by atoms with Crippen LogP contribution in [-0.2, 0) is 6.42 Å². The molecule has 0 aliphatic carbocycles. The lowest BCUT2D eigenvalue weighted by molar-refractivity contribution is 0.133. The van der Waals surface area contributed by atoms with Crippen molar-refractivity contribution in [1.82, 2.24) is 4.90 Å². The first-order valence-electron chi connectivity index (χ1n) is 7.47. The number of rotatable bonds is 3. The molecule has 2 N–H and O–H groups in total. The van der Waals surface area contributed by atoms with Gasteiger partial charge in [0.1, 0.15) is 5.75 Å². The largest absolute Gasteiger partial charge is 0.493 e. The smallest absolute Gasteiger partial charge is 0.122 e. The van der Waals surface area contributed by atoms with E-state index in [2.05, 4.69) is 30.0 Å². The van der Waals surface area contributed by atoms with Gasteiger partial charge in [0.05, 0.1) is 6.61 Å². The number of nitrogens with zero attached hydrogens (tertiary/aromatic N) is 1. The summed E-state index contributed by atoms with van der Waals surface area (Å²) in [5.41, 5.74) is 8.76. The fourth-order valence-electron chi connectivity index (χ4n) is 3.42. The summed E-state index contributed by atoms with van der Waals surface area (Å²) < 4.78 is 5.58. The highest BCUT2D eigenvalue weighted by Gasteiger charge is 2.25. The molecule has 2 aliphatic heterocycles. The molecule has 2 heterocycles. The highest BCUT2D eigenvalue weighted by atomic mass is 16.5. The Labute approximate surface area is 115 Å². The van der Waals surface area contributed by atoms with E-state index < -0.39 is 0 Å². The van der Waals surface area contributed by atoms with Crippen LogP contribution in [0.3, 0.4) is 0 Å². The molecule has 1 fully saturated rings. The van der Waals surface area contributed by atoms with Crippen LogP contribution in [0.1, 0.15) is 36.9 Å². The predicted octanol–water partition coefficient (Wildman–Crippen LogP) is 2.35. The van der Waals surface area contributed by atoms with Crippen molar-refractivity contribution in [3.05, 3.63) is 29.3 Å². The second-order valence-corrected chi connectivity index (χ2v) is 5.96. The second-order valence-electron chi connectivity index (χ2n) is 5.96. The van der Waals surface area contributed by atoms with Crippen LogP contribution in [0.25, 0.3) is 0 Å². The predicted molar refractivity (Wildman–Crippen MR) is 77.4 cm³/mol. The molecule has 3 nitrogen and oxygen atoms in total. The number of hydrogen-bond donors (Lipinski definition) is 1. The van der Waals surface area contributed by atoms with Crippen molar-refractivity contribution in [3.8, 4) is 5.75 Å². The quantitative estimate of drug-likeness (QED) is 0.906. The first kappa shape index (κ1) is 12.9. The molecule has 1 aromatic rings. The van der Waals surface area contributed by atoms with Crippen LogP contribution < -0.4 is 10.5 Å². The van der Waals surface area contributed by atoms with Gasteiger partial charge >= 0.3 is 0 Å². The topological polar surface area (TPSA) is 38.5 Å². The van der Waals surface area contributed by atoms with Gasteiger partial charge in [-0.1, -0.05) is 19.1 Å². The summed E-state index contributed by atoms with van der Waals surface area (Å²) in [6.45, 7) is 6.23. The van der Waals surface area contributed by atoms with Gasteiger partial charge in [0.15, 0.2) is 0 Å². The first-order valence-corrected chi connectivity index (χ1v) is 7.47. The fraction of sp³-hybridized carbons (Fsp3) is 0.625. The molecule has 3 heteroatoms. The van der Waals surface area contributed by atoms with E-state index in [0.717, 1.165) is 24.7 Å². The summed E-state index contributed by atoms with van der Waals surface area (Å²) in [7, 11) is 0. The molecule has 2 atom stereocenters. The van der Waals surface area contributed by atoms with Crippen molar-refractivity contribution in [2.24, 2.45) is 11.7 Å². The highest BCUT2D eigenvalue weighted by Crippen LogP contribution is 2.31. The number of fused-ring (bicyclic) bond motifs is 1. The number of nitrogens with two attached hydrogens (primary N) is 1. The van der Waals surface area contributed by atoms with E-state index in [1.807, 2.05) is 0 Å². The molecule has 0 amide bonds. The van der Waals surface area contributed by atoms with Crippen molar-refractivity contribution < 1.29 is 4.74 Å². The van der Waals surface area contributed by atoms with Gasteiger partial charge in [0.2, 0.25) is 0 Å². The molecule has 0 bridgehead atoms. The zero-order chi connectivity index (χ0) is 13.2. The Morgan fingerprint density at radius 3 is 3.16 bits per heavy atom. The summed E-state index contributed by atoms with van der Waals surface area (Å²) in [6, 6.07) is 6.99. The summed E-state index contributed by atoms with van der Waals surface area (Å²) >= 11 is 0. The van der Waals surface area contributed by atoms with Gasteiger partial charge in [0, 0.05) is 25.6 Å². The lowest BCUT2D eigenvalue weighted by Crippen LogP contribution is -2.40. The van der Waals surface area contributed by atoms with E-state index in [4.69, 9.17) is 10.5 Å². The lowest BCUT2D eigenvalue weighted by Gasteiger charge is -2.37. The lowest BCUT2D eigenvalue weighted by atomic mass is 9.95. The van der Waals surface area contributed by atoms with Gasteiger partial charge in [-0.2, -0.15) is 0 Å². The summed E-state index contributed by atoms with van der Waals surface area (Å²) in [5, 5.41) is 0. The van der Waals surface area contributed by atoms with Crippen molar-refractivity contribution in [2.75, 3.05) is 26.2 Å². The Balaban J connectivity index is 1.81. The molecule has 0 saturated carbocycles. The Kier molecular flexibility index (Phi) is 3.76. The third kappa shape index (κ3) is 2.63. The van der Waals surface area contributed by atoms with Gasteiger partial charge < -0.3 is 10.5 Å². The molecule has 1 aromatic carbocycles. The number of likely N-dealkylation sites (tertiary alicyclic amines) is 1. The molecule has 0 unspecified atom stereocenters. The van der Waals surface area contributed by atoms with Crippen LogP contribution in [0.15, 0.2) is 18.2 Å². The average molecular weight is 260 g/mol. The average Bonchev–Trinajstić information content (AvgIpc) is 2.87. The van der Waals surface area contributed by atoms with Crippen LogP contribution >= 0.6 is 0 Å². The van der Waals surface area contributed by atoms with E-state index in [1.165, 1.54) is 37.1 Å². The number of hydrogen-bond acceptors (Lipinski definition) is 3. The molecular weight excluding hydrogens is 236 g/mol. The third-order valence-corrected chi connectivity index (χ3v) is 4.45. The van der Waals surface area contributed by atoms with Crippen molar-refractivity contribution in [3.63, 3.8) is 0 Å². The van der Waals surface area contributed by atoms with E-state index in [0.29, 0.717) is 12.6 Å². The molecule has 0 spiro atoms. The first-order chi connectivity index (χ1) is 9.28. The maximum absolute atomic E-state index is 6.05. The molecule has 2 aliphatic rings. The van der Waals surface area contributed by atoms with E-state index in [9.17, 15) is 0 Å². The summed E-state index contributed by atoms with van der Waals surface area (Å²) in [5.74, 6) is 1.85. The third-order valence-electron chi connectivity index (χ3n) is 4.45. The zero-order valence-corrected chi connectivity index (χ0v) is 11.8. The number of piperidine rings is 1. The molecule has 19 heavy (non-hydrogen) atoms. The van der Waals surface area contributed by atoms with Crippen molar-refractivity contribution >= 4 is 0 Å². The molecule has 3 rings (SSSR count). The van der Waals surface area contributed by atoms with Crippen LogP contribution in [0.4, 0.5) is 0 Å². The number of benzene rings is 1. The van der Waals surface area contributed by atoms with Gasteiger partial charge in [-0.25, -0.2) is 0 Å². The normalized spacial score (nSPS) is 24.8. The van der Waals surface area contributed by atoms with Gasteiger partial charge in [0.25, 0.3) is 0 Å². The minimum Gasteiger partial charge on any atom is -0.493 e. The molecule has 1 saturated heterocycles. The standard InChI is InChI=1S/C16H24N2O/c1-12-3-2-7-18(11-12)15(10-17)13-4-5-16-14(9-13)6-8-19-16/h4-5,9,12,15H,2-3,6-8,10-11,17H2,1H3/t12-,15+/m0/s1. The van der Waals surface area contributed by atoms with Crippen molar-refractivity contribution in [1.29, 1.82) is 0 Å². The van der Waals surface area contributed by atoms with Crippen LogP contribution in [-0.4, -0.2) is 31.1 Å². The van der Waals surface area contributed by atoms with Crippen LogP contribution in [0.5, 0.6) is 5.75 Å². The maximum atomic E-state index is 6.05. The van der Waals surface area contributed by atoms with Crippen LogP contribution in [0.2, 0.25) is 0 Å². The molecule has 104 valence electrons. The Hall–Kier alpha value is -1.06. The summed E-state index contributed by atoms with van der Waals surface area (Å²) in [6.07, 6.45) is 3.69. The van der Waals surface area contributed by atoms with Gasteiger partial charge in [-0.3, -0.25) is 4.90 Å². The Morgan fingerprint density at radius 2 is 2.37 bits per heavy atom. The molecule has 0 radical (unpaired) electrons. The SMILES string of the molecule is C[C@H]1CCCN([C@H](CN)c2ccc3c(c2)CCO3)C1. The highest BCUT2D eigenvalue weighted by molar-refractivity contribution is 5.41. The van der Waals surface area contributed by atoms with Crippen LogP contribution in [0, 0.1) is 5.92 Å². The van der Waals surface area contributed by atoms with Crippen molar-refractivity contribution in [2.45, 2.75) is 32.2 Å². The molecule has 0 aromatic heterocycles. The van der Waals surface area contributed by atoms with Gasteiger partial charge in [-0.05, 0) is 42.5 Å². The number of ether oxygens (including phenoxy) is 1. The second kappa shape index (κ2) is 5.51. The fourth-order valence-corrected chi connectivity index (χ4v) is 3.42. The minimum absolute atomic E-state index is 0.369. The zero-order valence-electron chi connectivity index (χ0n) is 11.8. The summed E-state index contributed by atoms with van der Waals surface area (Å²) in [4.78, 5) is 2.56. The maximum Gasteiger partial charge on any atom is 0.122 e. The van der Waals surface area contributed by atoms with Gasteiger partial charge in [-0.15, -0.1) is 0 Å². The Bertz CT molecular complexity index is 446. The Morgan fingerprint density at radius 1 is 1.47 bits per heavy atom. The van der Waals surface area contributed by atoms with E-state index in [-0.39, 0.29) is 0 Å². The minimum atomic E-state index is 0.369. The van der Waals surface area contributed by atoms with E-state index >= 15 is 0 Å².